The van der Waals surface area contributed by atoms with Crippen molar-refractivity contribution in [2.24, 2.45) is 10.8 Å². The number of nitro benzene ring substituents is 1. The Hall–Kier alpha value is -4.10. The number of fused-ring (bicyclic) bond motifs is 5. The van der Waals surface area contributed by atoms with Crippen LogP contribution in [0.25, 0.3) is 6.08 Å². The molecule has 2 aliphatic heterocycles. The molecule has 1 saturated heterocycles. The highest BCUT2D eigenvalue weighted by Crippen LogP contribution is 2.61. The number of Topliss-reactive ketones (excluding diaryl/α,β-unsaturated/α-hetero) is 3. The number of hydrogen-bond donors (Lipinski definition) is 0. The smallest absolute Gasteiger partial charge is 0.269 e. The van der Waals surface area contributed by atoms with Crippen LogP contribution in [0.2, 0.25) is 5.02 Å². The first kappa shape index (κ1) is 25.2. The lowest BCUT2D eigenvalue weighted by Gasteiger charge is -2.38. The van der Waals surface area contributed by atoms with Crippen molar-refractivity contribution >= 4 is 46.4 Å². The lowest BCUT2D eigenvalue weighted by atomic mass is 9.63. The van der Waals surface area contributed by atoms with Crippen LogP contribution in [0.15, 0.2) is 72.8 Å². The number of rotatable bonds is 3. The minimum absolute atomic E-state index is 0.173. The van der Waals surface area contributed by atoms with E-state index in [2.05, 4.69) is 0 Å². The van der Waals surface area contributed by atoms with Crippen LogP contribution < -0.4 is 4.90 Å². The Labute approximate surface area is 230 Å². The van der Waals surface area contributed by atoms with E-state index in [0.29, 0.717) is 27.4 Å². The first-order valence-corrected chi connectivity index (χ1v) is 13.1. The van der Waals surface area contributed by atoms with E-state index in [0.717, 1.165) is 5.56 Å². The number of non-ortho nitro benzene ring substituents is 1. The van der Waals surface area contributed by atoms with Crippen LogP contribution in [-0.2, 0) is 4.79 Å². The Morgan fingerprint density at radius 3 is 2.26 bits per heavy atom. The first-order valence-electron chi connectivity index (χ1n) is 12.7. The molecule has 0 N–H and O–H groups in total. The largest absolute Gasteiger partial charge is 0.352 e. The molecule has 196 valence electrons. The first-order chi connectivity index (χ1) is 18.5. The van der Waals surface area contributed by atoms with Crippen LogP contribution in [0.4, 0.5) is 11.4 Å². The van der Waals surface area contributed by atoms with Gasteiger partial charge in [-0.3, -0.25) is 24.5 Å². The van der Waals surface area contributed by atoms with E-state index in [1.807, 2.05) is 11.0 Å². The van der Waals surface area contributed by atoms with Gasteiger partial charge in [0.1, 0.15) is 5.41 Å². The van der Waals surface area contributed by atoms with Gasteiger partial charge in [-0.25, -0.2) is 0 Å². The van der Waals surface area contributed by atoms with Gasteiger partial charge in [0, 0.05) is 45.3 Å². The van der Waals surface area contributed by atoms with Crippen molar-refractivity contribution < 1.29 is 19.3 Å². The average Bonchev–Trinajstić information content (AvgIpc) is 3.33. The maximum atomic E-state index is 14.5. The quantitative estimate of drug-likeness (QED) is 0.220. The summed E-state index contributed by atoms with van der Waals surface area (Å²) in [4.78, 5) is 56.6. The third-order valence-electron chi connectivity index (χ3n) is 8.21. The van der Waals surface area contributed by atoms with E-state index in [1.54, 1.807) is 75.4 Å². The zero-order valence-corrected chi connectivity index (χ0v) is 22.3. The number of hydrogen-bond acceptors (Lipinski definition) is 6. The number of carbonyl (C=O) groups excluding carboxylic acids is 3. The predicted octanol–water partition coefficient (Wildman–Crippen LogP) is 6.30. The van der Waals surface area contributed by atoms with Crippen molar-refractivity contribution in [2.45, 2.75) is 38.8 Å². The van der Waals surface area contributed by atoms with Gasteiger partial charge in [-0.15, -0.1) is 0 Å². The highest BCUT2D eigenvalue weighted by atomic mass is 35.5. The van der Waals surface area contributed by atoms with Gasteiger partial charge in [-0.05, 0) is 29.3 Å². The number of ketones is 3. The molecule has 7 nitrogen and oxygen atoms in total. The molecule has 0 saturated carbocycles. The molecule has 3 aromatic carbocycles. The van der Waals surface area contributed by atoms with E-state index >= 15 is 0 Å². The van der Waals surface area contributed by atoms with Crippen LogP contribution >= 0.6 is 11.6 Å². The summed E-state index contributed by atoms with van der Waals surface area (Å²) in [5.41, 5.74) is -0.265. The highest BCUT2D eigenvalue weighted by Gasteiger charge is 2.72. The number of nitro groups is 1. The summed E-state index contributed by atoms with van der Waals surface area (Å²) in [5, 5.41) is 12.3. The van der Waals surface area contributed by atoms with Crippen LogP contribution in [0.5, 0.6) is 0 Å². The molecule has 3 aliphatic rings. The fourth-order valence-corrected chi connectivity index (χ4v) is 6.78. The Balaban J connectivity index is 1.71. The van der Waals surface area contributed by atoms with Gasteiger partial charge in [0.25, 0.3) is 5.69 Å². The molecule has 0 aromatic heterocycles. The molecule has 1 aliphatic carbocycles. The Kier molecular flexibility index (Phi) is 5.46. The van der Waals surface area contributed by atoms with E-state index in [-0.39, 0.29) is 23.0 Å². The number of halogens is 1. The van der Waals surface area contributed by atoms with Crippen molar-refractivity contribution in [2.75, 3.05) is 4.90 Å². The molecule has 0 unspecified atom stereocenters. The maximum Gasteiger partial charge on any atom is 0.269 e. The maximum absolute atomic E-state index is 14.5. The fraction of sp³-hybridized carbons (Fsp3) is 0.258. The second-order valence-corrected chi connectivity index (χ2v) is 11.8. The van der Waals surface area contributed by atoms with Gasteiger partial charge < -0.3 is 4.90 Å². The SMILES string of the molecule is CC(C)(C)C(=O)[C@@H]1[C@@H](c2cccc([N+](=O)[O-])c2)C2(C(=O)c3ccccc3C2=O)[C@@H]2C=Cc3cc(Cl)ccc3N12. The summed E-state index contributed by atoms with van der Waals surface area (Å²) in [6, 6.07) is 16.2. The molecule has 1 spiro atoms. The molecule has 1 fully saturated rings. The van der Waals surface area contributed by atoms with E-state index in [4.69, 9.17) is 11.6 Å². The van der Waals surface area contributed by atoms with Crippen LogP contribution in [0, 0.1) is 20.9 Å². The van der Waals surface area contributed by atoms with Crippen LogP contribution in [0.1, 0.15) is 58.5 Å². The van der Waals surface area contributed by atoms with Gasteiger partial charge in [0.05, 0.1) is 17.0 Å². The molecule has 0 radical (unpaired) electrons. The van der Waals surface area contributed by atoms with Crippen molar-refractivity contribution in [1.82, 2.24) is 0 Å². The van der Waals surface area contributed by atoms with Crippen molar-refractivity contribution in [3.63, 3.8) is 0 Å². The van der Waals surface area contributed by atoms with E-state index in [1.165, 1.54) is 18.2 Å². The third kappa shape index (κ3) is 3.39. The van der Waals surface area contributed by atoms with Crippen molar-refractivity contribution in [3.8, 4) is 0 Å². The summed E-state index contributed by atoms with van der Waals surface area (Å²) >= 11 is 6.30. The normalized spacial score (nSPS) is 22.6. The summed E-state index contributed by atoms with van der Waals surface area (Å²) in [5.74, 6) is -1.90. The van der Waals surface area contributed by atoms with Crippen LogP contribution in [0.3, 0.4) is 0 Å². The molecule has 39 heavy (non-hydrogen) atoms. The summed E-state index contributed by atoms with van der Waals surface area (Å²) in [7, 11) is 0. The molecule has 3 atom stereocenters. The zero-order valence-electron chi connectivity index (χ0n) is 21.6. The van der Waals surface area contributed by atoms with Crippen LogP contribution in [-0.4, -0.2) is 34.4 Å². The van der Waals surface area contributed by atoms with Gasteiger partial charge in [0.2, 0.25) is 0 Å². The van der Waals surface area contributed by atoms with E-state index in [9.17, 15) is 24.5 Å². The Bertz CT molecular complexity index is 1600. The van der Waals surface area contributed by atoms with Gasteiger partial charge in [-0.1, -0.05) is 80.9 Å². The molecule has 0 amide bonds. The minimum atomic E-state index is -1.70. The lowest BCUT2D eigenvalue weighted by Crippen LogP contribution is -2.49. The summed E-state index contributed by atoms with van der Waals surface area (Å²) in [6.45, 7) is 5.40. The van der Waals surface area contributed by atoms with Gasteiger partial charge in [0.15, 0.2) is 17.3 Å². The molecule has 6 rings (SSSR count). The number of benzene rings is 3. The minimum Gasteiger partial charge on any atom is -0.352 e. The van der Waals surface area contributed by atoms with Crippen molar-refractivity contribution in [1.29, 1.82) is 0 Å². The third-order valence-corrected chi connectivity index (χ3v) is 8.45. The second kappa shape index (κ2) is 8.45. The molecule has 8 heteroatoms. The predicted molar refractivity (Wildman–Crippen MR) is 148 cm³/mol. The van der Waals surface area contributed by atoms with Gasteiger partial charge >= 0.3 is 0 Å². The summed E-state index contributed by atoms with van der Waals surface area (Å²) < 4.78 is 0. The number of carbonyl (C=O) groups is 3. The molecule has 2 heterocycles. The Morgan fingerprint density at radius 2 is 1.64 bits per heavy atom. The second-order valence-electron chi connectivity index (χ2n) is 11.4. The Morgan fingerprint density at radius 1 is 0.974 bits per heavy atom. The fourth-order valence-electron chi connectivity index (χ4n) is 6.60. The lowest BCUT2D eigenvalue weighted by molar-refractivity contribution is -0.384. The number of anilines is 1. The topological polar surface area (TPSA) is 97.6 Å². The molecule has 3 aromatic rings. The summed E-state index contributed by atoms with van der Waals surface area (Å²) in [6.07, 6.45) is 3.64. The molecule has 0 bridgehead atoms. The number of nitrogens with zero attached hydrogens (tertiary/aromatic N) is 2. The van der Waals surface area contributed by atoms with E-state index < -0.39 is 33.8 Å². The molecular formula is C31H25ClN2O5. The van der Waals surface area contributed by atoms with Crippen molar-refractivity contribution in [3.05, 3.63) is 110 Å². The standard InChI is InChI=1S/C31H25ClN2O5/c1-30(2,3)29(37)26-25(18-7-6-8-20(16-18)34(38)39)31(27(35)21-9-4-5-10-22(21)28(31)36)24-14-11-17-15-19(32)12-13-23(17)33(24)26/h4-16,24-26H,1-3H3/t24-,25+,26-/m0/s1. The monoisotopic (exact) mass is 540 g/mol. The highest BCUT2D eigenvalue weighted by molar-refractivity contribution is 6.32. The molecular weight excluding hydrogens is 516 g/mol. The van der Waals surface area contributed by atoms with Gasteiger partial charge in [-0.2, -0.15) is 0 Å². The zero-order chi connectivity index (χ0) is 27.9. The average molecular weight is 541 g/mol.